The third-order valence-electron chi connectivity index (χ3n) is 15.9. The lowest BCUT2D eigenvalue weighted by molar-refractivity contribution is -0.870. The molecule has 0 aliphatic rings. The van der Waals surface area contributed by atoms with Crippen LogP contribution in [0.1, 0.15) is 316 Å². The maximum atomic E-state index is 13.0. The average Bonchev–Trinajstić information content (AvgIpc) is 3.70. The average molecular weight is 1230 g/mol. The van der Waals surface area contributed by atoms with E-state index >= 15 is 0 Å². The first-order valence-electron chi connectivity index (χ1n) is 36.4. The molecule has 0 radical (unpaired) electrons. The van der Waals surface area contributed by atoms with Gasteiger partial charge in [0.05, 0.1) is 39.9 Å². The summed E-state index contributed by atoms with van der Waals surface area (Å²) in [5.74, 6) is -0.213. The van der Waals surface area contributed by atoms with E-state index in [-0.39, 0.29) is 12.5 Å². The van der Waals surface area contributed by atoms with Crippen molar-refractivity contribution in [3.63, 3.8) is 0 Å². The number of allylic oxidation sites excluding steroid dienone is 19. The molecule has 3 unspecified atom stereocenters. The highest BCUT2D eigenvalue weighted by Crippen LogP contribution is 2.38. The summed E-state index contributed by atoms with van der Waals surface area (Å²) in [6.07, 6.45) is 100. The van der Waals surface area contributed by atoms with Crippen LogP contribution in [0.2, 0.25) is 0 Å². The number of carbonyl (C=O) groups is 1. The molecular formula is C78H139N2O6P. The van der Waals surface area contributed by atoms with Crippen molar-refractivity contribution >= 4 is 13.7 Å². The van der Waals surface area contributed by atoms with Crippen molar-refractivity contribution in [2.24, 2.45) is 0 Å². The van der Waals surface area contributed by atoms with Gasteiger partial charge in [0.1, 0.15) is 13.2 Å². The van der Waals surface area contributed by atoms with Crippen LogP contribution in [-0.4, -0.2) is 68.5 Å². The number of hydrogen-bond acceptors (Lipinski definition) is 6. The van der Waals surface area contributed by atoms with Gasteiger partial charge >= 0.3 is 0 Å². The topological polar surface area (TPSA) is 108 Å². The van der Waals surface area contributed by atoms with Crippen molar-refractivity contribution in [2.75, 3.05) is 40.9 Å². The monoisotopic (exact) mass is 1230 g/mol. The summed E-state index contributed by atoms with van der Waals surface area (Å²) in [7, 11) is 1.23. The summed E-state index contributed by atoms with van der Waals surface area (Å²) in [6.45, 7) is 4.53. The second-order valence-electron chi connectivity index (χ2n) is 25.6. The van der Waals surface area contributed by atoms with E-state index in [1.54, 1.807) is 6.08 Å². The van der Waals surface area contributed by atoms with Gasteiger partial charge in [-0.3, -0.25) is 9.36 Å². The van der Waals surface area contributed by atoms with E-state index in [0.717, 1.165) is 96.3 Å². The Labute approximate surface area is 539 Å². The molecule has 0 bridgehead atoms. The zero-order valence-corrected chi connectivity index (χ0v) is 58.3. The second kappa shape index (κ2) is 67.3. The van der Waals surface area contributed by atoms with Crippen molar-refractivity contribution in [1.82, 2.24) is 5.32 Å². The van der Waals surface area contributed by atoms with Gasteiger partial charge in [0, 0.05) is 6.42 Å². The van der Waals surface area contributed by atoms with Crippen molar-refractivity contribution in [2.45, 2.75) is 328 Å². The lowest BCUT2D eigenvalue weighted by Gasteiger charge is -2.29. The molecule has 87 heavy (non-hydrogen) atoms. The quantitative estimate of drug-likeness (QED) is 0.0272. The number of amides is 1. The Balaban J connectivity index is 4.14. The predicted molar refractivity (Wildman–Crippen MR) is 380 cm³/mol. The number of phosphoric ester groups is 1. The molecule has 0 rings (SSSR count). The first kappa shape index (κ1) is 83.9. The lowest BCUT2D eigenvalue weighted by Crippen LogP contribution is -2.45. The van der Waals surface area contributed by atoms with Crippen LogP contribution in [0, 0.1) is 0 Å². The molecule has 0 saturated heterocycles. The molecule has 0 aliphatic carbocycles. The Kier molecular flexibility index (Phi) is 64.9. The minimum atomic E-state index is -4.62. The molecule has 0 spiro atoms. The van der Waals surface area contributed by atoms with Gasteiger partial charge in [0.15, 0.2) is 0 Å². The first-order valence-corrected chi connectivity index (χ1v) is 37.9. The fourth-order valence-corrected chi connectivity index (χ4v) is 11.0. The number of nitrogens with zero attached hydrogens (tertiary/aromatic N) is 1. The van der Waals surface area contributed by atoms with E-state index in [4.69, 9.17) is 9.05 Å². The van der Waals surface area contributed by atoms with Crippen LogP contribution in [0.4, 0.5) is 0 Å². The Morgan fingerprint density at radius 1 is 0.414 bits per heavy atom. The summed E-state index contributed by atoms with van der Waals surface area (Å²) < 4.78 is 23.5. The number of quaternary nitrogens is 1. The number of carbonyl (C=O) groups excluding carboxylic acids is 1. The van der Waals surface area contributed by atoms with E-state index in [9.17, 15) is 19.4 Å². The van der Waals surface area contributed by atoms with Gasteiger partial charge in [-0.15, -0.1) is 0 Å². The molecule has 1 amide bonds. The predicted octanol–water partition coefficient (Wildman–Crippen LogP) is 23.0. The first-order chi connectivity index (χ1) is 42.5. The van der Waals surface area contributed by atoms with Gasteiger partial charge in [-0.1, -0.05) is 334 Å². The zero-order valence-electron chi connectivity index (χ0n) is 57.4. The summed E-state index contributed by atoms with van der Waals surface area (Å²) in [5.41, 5.74) is 0. The molecule has 9 heteroatoms. The molecule has 2 N–H and O–H groups in total. The molecule has 8 nitrogen and oxygen atoms in total. The van der Waals surface area contributed by atoms with Crippen molar-refractivity contribution in [1.29, 1.82) is 0 Å². The lowest BCUT2D eigenvalue weighted by atomic mass is 10.0. The molecule has 0 heterocycles. The Morgan fingerprint density at radius 2 is 0.713 bits per heavy atom. The molecular weight excluding hydrogens is 1090 g/mol. The van der Waals surface area contributed by atoms with Gasteiger partial charge in [-0.2, -0.15) is 0 Å². The number of likely N-dealkylation sites (N-methyl/N-ethyl adjacent to an activating group) is 1. The van der Waals surface area contributed by atoms with Crippen molar-refractivity contribution < 1.29 is 32.9 Å². The summed E-state index contributed by atoms with van der Waals surface area (Å²) in [4.78, 5) is 25.7. The number of nitrogens with one attached hydrogen (secondary N) is 1. The number of unbranched alkanes of at least 4 members (excludes halogenated alkanes) is 35. The molecule has 0 aromatic rings. The fraction of sp³-hybridized carbons (Fsp3) is 0.731. The van der Waals surface area contributed by atoms with Crippen molar-refractivity contribution in [3.8, 4) is 0 Å². The third kappa shape index (κ3) is 70.2. The van der Waals surface area contributed by atoms with E-state index in [1.807, 2.05) is 27.2 Å². The van der Waals surface area contributed by atoms with Gasteiger partial charge in [0.25, 0.3) is 7.82 Å². The third-order valence-corrected chi connectivity index (χ3v) is 16.9. The number of rotatable bonds is 66. The van der Waals surface area contributed by atoms with E-state index in [0.29, 0.717) is 17.4 Å². The maximum Gasteiger partial charge on any atom is 0.268 e. The van der Waals surface area contributed by atoms with Crippen LogP contribution >= 0.6 is 7.82 Å². The van der Waals surface area contributed by atoms with E-state index < -0.39 is 26.6 Å². The molecule has 502 valence electrons. The highest BCUT2D eigenvalue weighted by atomic mass is 31.2. The van der Waals surface area contributed by atoms with E-state index in [1.165, 1.54) is 199 Å². The van der Waals surface area contributed by atoms with Gasteiger partial charge in [-0.25, -0.2) is 0 Å². The van der Waals surface area contributed by atoms with Crippen LogP contribution < -0.4 is 10.2 Å². The van der Waals surface area contributed by atoms with Gasteiger partial charge in [0.2, 0.25) is 5.91 Å². The number of aliphatic hydroxyl groups is 1. The molecule has 3 atom stereocenters. The SMILES string of the molecule is CC/C=C\C/C=C\C/C=C\C/C=C\C/C=C\C/C=C\C/C=C\C/C=C\CCCCCCCCCCCCC(=O)NC(COP(=O)([O-])OCC[N+](C)(C)C)C(O)/C=C/CC/C=C/CCCCCCCCCCCCCCCCCCCCCCCCCC. The fourth-order valence-electron chi connectivity index (χ4n) is 10.3. The largest absolute Gasteiger partial charge is 0.756 e. The van der Waals surface area contributed by atoms with Gasteiger partial charge in [-0.05, 0) is 96.3 Å². The highest BCUT2D eigenvalue weighted by molar-refractivity contribution is 7.45. The van der Waals surface area contributed by atoms with Crippen LogP contribution in [0.15, 0.2) is 122 Å². The Morgan fingerprint density at radius 3 is 1.07 bits per heavy atom. The van der Waals surface area contributed by atoms with Gasteiger partial charge < -0.3 is 28.8 Å². The number of phosphoric acid groups is 1. The maximum absolute atomic E-state index is 13.0. The number of aliphatic hydroxyl groups excluding tert-OH is 1. The molecule has 0 aliphatic heterocycles. The summed E-state index contributed by atoms with van der Waals surface area (Å²) in [5, 5.41) is 14.0. The van der Waals surface area contributed by atoms with Crippen LogP contribution in [0.3, 0.4) is 0 Å². The number of hydrogen-bond donors (Lipinski definition) is 2. The van der Waals surface area contributed by atoms with E-state index in [2.05, 4.69) is 129 Å². The normalized spacial score (nSPS) is 14.3. The van der Waals surface area contributed by atoms with Crippen molar-refractivity contribution in [3.05, 3.63) is 122 Å². The summed E-state index contributed by atoms with van der Waals surface area (Å²) >= 11 is 0. The van der Waals surface area contributed by atoms with Crippen LogP contribution in [0.25, 0.3) is 0 Å². The standard InChI is InChI=1S/C78H139N2O6P/c1-6-8-10-12-14-16-18-20-22-24-26-28-30-32-34-36-38-39-40-41-42-44-46-48-50-52-54-56-58-60-62-64-66-68-70-72-78(82)79-76(75-86-87(83,84)85-74-73-80(3,4)5)77(81)71-69-67-65-63-61-59-57-55-53-51-49-47-45-43-37-35-33-31-29-27-25-23-21-19-17-15-13-11-9-7-2/h8,10,14,16,20,22,26,28,32,34,38-39,41-42,46,48,61,63,69,71,76-77,81H,6-7,9,11-13,15,17-19,21,23-25,27,29-31,33,35-37,40,43-45,47,49-60,62,64-68,70,72-75H2,1-5H3,(H-,79,82,83,84)/b10-8-,16-14-,22-20-,28-26-,34-32-,39-38-,42-41-,48-46-,63-61+,71-69+. The Hall–Kier alpha value is -3.10. The smallest absolute Gasteiger partial charge is 0.268 e. The molecule has 0 aromatic carbocycles. The second-order valence-corrected chi connectivity index (χ2v) is 27.0. The highest BCUT2D eigenvalue weighted by Gasteiger charge is 2.23. The Bertz CT molecular complexity index is 1840. The zero-order chi connectivity index (χ0) is 63.4. The molecule has 0 saturated carbocycles. The molecule has 0 fully saturated rings. The van der Waals surface area contributed by atoms with Crippen LogP contribution in [-0.2, 0) is 18.4 Å². The minimum Gasteiger partial charge on any atom is -0.756 e. The van der Waals surface area contributed by atoms with Crippen LogP contribution in [0.5, 0.6) is 0 Å². The minimum absolute atomic E-state index is 0.0123. The molecule has 0 aromatic heterocycles. The summed E-state index contributed by atoms with van der Waals surface area (Å²) in [6, 6.07) is -0.916.